The van der Waals surface area contributed by atoms with E-state index in [4.69, 9.17) is 21.1 Å². The van der Waals surface area contributed by atoms with Gasteiger partial charge in [0.15, 0.2) is 17.1 Å². The van der Waals surface area contributed by atoms with E-state index in [0.29, 0.717) is 55.9 Å². The van der Waals surface area contributed by atoms with Crippen LogP contribution >= 0.6 is 11.6 Å². The van der Waals surface area contributed by atoms with Crippen LogP contribution in [0.15, 0.2) is 48.5 Å². The second kappa shape index (κ2) is 8.28. The number of amides is 1. The largest absolute Gasteiger partial charge is 0.493 e. The first kappa shape index (κ1) is 20.7. The molecular weight excluding hydrogens is 416 g/mol. The van der Waals surface area contributed by atoms with E-state index >= 15 is 0 Å². The lowest BCUT2D eigenvalue weighted by molar-refractivity contribution is 0.102. The minimum atomic E-state index is -0.274. The highest BCUT2D eigenvalue weighted by atomic mass is 35.5. The predicted octanol–water partition coefficient (Wildman–Crippen LogP) is 4.96. The molecule has 2 aromatic carbocycles. The van der Waals surface area contributed by atoms with Crippen molar-refractivity contribution in [1.29, 1.82) is 0 Å². The Morgan fingerprint density at radius 2 is 1.77 bits per heavy atom. The molecule has 0 unspecified atom stereocenters. The van der Waals surface area contributed by atoms with Gasteiger partial charge in [0.2, 0.25) is 0 Å². The molecule has 4 aromatic rings. The lowest BCUT2D eigenvalue weighted by Gasteiger charge is -2.12. The molecule has 1 N–H and O–H groups in total. The number of carbonyl (C=O) groups excluding carboxylic acids is 1. The molecule has 8 heteroatoms. The Kier molecular flexibility index (Phi) is 5.52. The molecule has 0 spiro atoms. The van der Waals surface area contributed by atoms with Crippen LogP contribution in [0.25, 0.3) is 16.7 Å². The number of aryl methyl sites for hydroxylation is 2. The number of para-hydroxylation sites is 1. The van der Waals surface area contributed by atoms with Gasteiger partial charge in [-0.15, -0.1) is 0 Å². The predicted molar refractivity (Wildman–Crippen MR) is 121 cm³/mol. The Labute approximate surface area is 184 Å². The summed E-state index contributed by atoms with van der Waals surface area (Å²) in [5.41, 5.74) is 3.71. The molecule has 31 heavy (non-hydrogen) atoms. The fraction of sp³-hybridized carbons (Fsp3) is 0.174. The molecule has 0 bridgehead atoms. The van der Waals surface area contributed by atoms with Gasteiger partial charge in [-0.25, -0.2) is 9.67 Å². The van der Waals surface area contributed by atoms with Gasteiger partial charge >= 0.3 is 0 Å². The number of ether oxygens (including phenoxy) is 2. The highest BCUT2D eigenvalue weighted by Gasteiger charge is 2.21. The number of halogens is 1. The average molecular weight is 437 g/mol. The number of nitrogens with zero attached hydrogens (tertiary/aromatic N) is 3. The van der Waals surface area contributed by atoms with E-state index in [-0.39, 0.29) is 5.91 Å². The minimum absolute atomic E-state index is 0.274. The quantitative estimate of drug-likeness (QED) is 0.478. The Bertz CT molecular complexity index is 1300. The number of methoxy groups -OCH3 is 2. The number of nitrogens with one attached hydrogen (secondary N) is 1. The zero-order valence-corrected chi connectivity index (χ0v) is 18.3. The lowest BCUT2D eigenvalue weighted by atomic mass is 10.1. The zero-order chi connectivity index (χ0) is 22.1. The molecule has 4 rings (SSSR count). The molecule has 2 heterocycles. The monoisotopic (exact) mass is 436 g/mol. The standard InChI is InChI=1S/C23H21ClN4O3/c1-13-11-16(23(29)26-15-9-10-19(30-3)20(12-15)31-4)21-14(2)27-28(22(21)25-13)18-8-6-5-7-17(18)24/h5-12H,1-4H3,(H,26,29). The number of benzene rings is 2. The first-order valence-corrected chi connectivity index (χ1v) is 9.96. The van der Waals surface area contributed by atoms with Gasteiger partial charge in [0.05, 0.1) is 41.6 Å². The van der Waals surface area contributed by atoms with Crippen LogP contribution in [0.5, 0.6) is 11.5 Å². The van der Waals surface area contributed by atoms with Crippen LogP contribution in [-0.2, 0) is 0 Å². The van der Waals surface area contributed by atoms with Crippen molar-refractivity contribution in [3.63, 3.8) is 0 Å². The van der Waals surface area contributed by atoms with E-state index in [1.54, 1.807) is 49.2 Å². The highest BCUT2D eigenvalue weighted by Crippen LogP contribution is 2.31. The molecule has 7 nitrogen and oxygen atoms in total. The third-order valence-electron chi connectivity index (χ3n) is 4.91. The Morgan fingerprint density at radius 1 is 1.03 bits per heavy atom. The molecule has 0 atom stereocenters. The Morgan fingerprint density at radius 3 is 2.48 bits per heavy atom. The fourth-order valence-electron chi connectivity index (χ4n) is 3.50. The summed E-state index contributed by atoms with van der Waals surface area (Å²) in [5.74, 6) is 0.836. The second-order valence-corrected chi connectivity index (χ2v) is 7.39. The normalized spacial score (nSPS) is 10.9. The number of hydrogen-bond acceptors (Lipinski definition) is 5. The van der Waals surface area contributed by atoms with Gasteiger partial charge in [0, 0.05) is 17.4 Å². The maximum atomic E-state index is 13.2. The summed E-state index contributed by atoms with van der Waals surface area (Å²) in [5, 5.41) is 8.76. The smallest absolute Gasteiger partial charge is 0.256 e. The summed E-state index contributed by atoms with van der Waals surface area (Å²) in [4.78, 5) is 17.9. The van der Waals surface area contributed by atoms with E-state index in [1.807, 2.05) is 32.0 Å². The van der Waals surface area contributed by atoms with Gasteiger partial charge in [-0.3, -0.25) is 4.79 Å². The number of pyridine rings is 1. The van der Waals surface area contributed by atoms with Gasteiger partial charge in [-0.2, -0.15) is 5.10 Å². The van der Waals surface area contributed by atoms with Crippen molar-refractivity contribution in [1.82, 2.24) is 14.8 Å². The van der Waals surface area contributed by atoms with Crippen molar-refractivity contribution in [2.45, 2.75) is 13.8 Å². The molecule has 0 aliphatic carbocycles. The van der Waals surface area contributed by atoms with Gasteiger partial charge in [0.1, 0.15) is 0 Å². The van der Waals surface area contributed by atoms with Crippen LogP contribution in [0.3, 0.4) is 0 Å². The maximum Gasteiger partial charge on any atom is 0.256 e. The maximum absolute atomic E-state index is 13.2. The summed E-state index contributed by atoms with van der Waals surface area (Å²) < 4.78 is 12.3. The summed E-state index contributed by atoms with van der Waals surface area (Å²) in [7, 11) is 3.11. The van der Waals surface area contributed by atoms with Crippen molar-refractivity contribution < 1.29 is 14.3 Å². The Balaban J connectivity index is 1.80. The topological polar surface area (TPSA) is 78.3 Å². The molecule has 0 saturated heterocycles. The van der Waals surface area contributed by atoms with E-state index in [0.717, 1.165) is 0 Å². The van der Waals surface area contributed by atoms with Gasteiger partial charge < -0.3 is 14.8 Å². The molecule has 1 amide bonds. The Hall–Kier alpha value is -3.58. The van der Waals surface area contributed by atoms with Crippen LogP contribution in [0.2, 0.25) is 5.02 Å². The van der Waals surface area contributed by atoms with Gasteiger partial charge in [-0.1, -0.05) is 23.7 Å². The number of aromatic nitrogens is 3. The van der Waals surface area contributed by atoms with E-state index < -0.39 is 0 Å². The fourth-order valence-corrected chi connectivity index (χ4v) is 3.71. The molecule has 0 saturated carbocycles. The number of rotatable bonds is 5. The van der Waals surface area contributed by atoms with Crippen molar-refractivity contribution >= 4 is 34.2 Å². The average Bonchev–Trinajstić information content (AvgIpc) is 3.09. The summed E-state index contributed by atoms with van der Waals surface area (Å²) in [6.45, 7) is 3.69. The first-order chi connectivity index (χ1) is 14.9. The van der Waals surface area contributed by atoms with E-state index in [9.17, 15) is 4.79 Å². The van der Waals surface area contributed by atoms with Crippen molar-refractivity contribution in [3.8, 4) is 17.2 Å². The number of carbonyl (C=O) groups is 1. The molecular formula is C23H21ClN4O3. The van der Waals surface area contributed by atoms with Crippen LogP contribution in [0.1, 0.15) is 21.7 Å². The second-order valence-electron chi connectivity index (χ2n) is 6.98. The molecule has 2 aromatic heterocycles. The number of fused-ring (bicyclic) bond motifs is 1. The van der Waals surface area contributed by atoms with Crippen molar-refractivity contribution in [3.05, 3.63) is 70.5 Å². The summed E-state index contributed by atoms with van der Waals surface area (Å²) >= 11 is 6.38. The van der Waals surface area contributed by atoms with E-state index in [1.165, 1.54) is 0 Å². The molecule has 0 radical (unpaired) electrons. The molecule has 158 valence electrons. The minimum Gasteiger partial charge on any atom is -0.493 e. The van der Waals surface area contributed by atoms with Crippen LogP contribution in [0.4, 0.5) is 5.69 Å². The first-order valence-electron chi connectivity index (χ1n) is 9.58. The number of hydrogen-bond donors (Lipinski definition) is 1. The van der Waals surface area contributed by atoms with Crippen LogP contribution in [-0.4, -0.2) is 34.9 Å². The molecule has 0 aliphatic rings. The number of anilines is 1. The van der Waals surface area contributed by atoms with Gasteiger partial charge in [-0.05, 0) is 44.2 Å². The highest BCUT2D eigenvalue weighted by molar-refractivity contribution is 6.32. The van der Waals surface area contributed by atoms with E-state index in [2.05, 4.69) is 15.4 Å². The summed E-state index contributed by atoms with van der Waals surface area (Å²) in [6.07, 6.45) is 0. The van der Waals surface area contributed by atoms with Crippen LogP contribution < -0.4 is 14.8 Å². The third kappa shape index (κ3) is 3.80. The van der Waals surface area contributed by atoms with Gasteiger partial charge in [0.25, 0.3) is 5.91 Å². The SMILES string of the molecule is COc1ccc(NC(=O)c2cc(C)nc3c2c(C)nn3-c2ccccc2Cl)cc1OC. The zero-order valence-electron chi connectivity index (χ0n) is 17.6. The molecule has 0 fully saturated rings. The van der Waals surface area contributed by atoms with Crippen molar-refractivity contribution in [2.24, 2.45) is 0 Å². The summed E-state index contributed by atoms with van der Waals surface area (Å²) in [6, 6.07) is 14.3. The lowest BCUT2D eigenvalue weighted by Crippen LogP contribution is -2.13. The van der Waals surface area contributed by atoms with Crippen molar-refractivity contribution in [2.75, 3.05) is 19.5 Å². The molecule has 0 aliphatic heterocycles. The third-order valence-corrected chi connectivity index (χ3v) is 5.23. The van der Waals surface area contributed by atoms with Crippen LogP contribution in [0, 0.1) is 13.8 Å².